The van der Waals surface area contributed by atoms with Gasteiger partial charge in [-0.3, -0.25) is 22.6 Å². The fourth-order valence-corrected chi connectivity index (χ4v) is 6.56. The van der Waals surface area contributed by atoms with Crippen LogP contribution in [0, 0.1) is 0 Å². The van der Waals surface area contributed by atoms with E-state index in [9.17, 15) is 13.7 Å². The van der Waals surface area contributed by atoms with Crippen molar-refractivity contribution in [3.05, 3.63) is 0 Å². The summed E-state index contributed by atoms with van der Waals surface area (Å²) >= 11 is 0. The highest BCUT2D eigenvalue weighted by atomic mass is 31.3. The monoisotopic (exact) mass is 457 g/mol. The van der Waals surface area contributed by atoms with E-state index in [0.717, 1.165) is 28.4 Å². The van der Waals surface area contributed by atoms with E-state index in [1.54, 1.807) is 0 Å². The predicted octanol–water partition coefficient (Wildman–Crippen LogP) is 2.42. The zero-order valence-electron chi connectivity index (χ0n) is 15.7. The molecule has 27 heavy (non-hydrogen) atoms. The molecule has 0 aromatic heterocycles. The third kappa shape index (κ3) is 7.56. The molecule has 1 heterocycles. The zero-order chi connectivity index (χ0) is 20.7. The summed E-state index contributed by atoms with van der Waals surface area (Å²) in [7, 11) is -9.62. The maximum Gasteiger partial charge on any atom is 0.492 e. The minimum atomic E-state index is -4.71. The summed E-state index contributed by atoms with van der Waals surface area (Å²) in [5.74, 6) is 0. The van der Waals surface area contributed by atoms with E-state index in [2.05, 4.69) is 22.4 Å². The molecule has 0 bridgehead atoms. The van der Waals surface area contributed by atoms with Crippen LogP contribution in [-0.4, -0.2) is 60.1 Å². The first-order valence-corrected chi connectivity index (χ1v) is 12.0. The van der Waals surface area contributed by atoms with Gasteiger partial charge in [-0.2, -0.15) is 8.62 Å². The van der Waals surface area contributed by atoms with E-state index in [0.29, 0.717) is 6.42 Å². The number of phosphoric ester groups is 2. The summed E-state index contributed by atoms with van der Waals surface area (Å²) in [6.45, 7) is 1.49. The molecule has 0 radical (unpaired) electrons. The minimum absolute atomic E-state index is 0.0360. The van der Waals surface area contributed by atoms with E-state index >= 15 is 0 Å². The van der Waals surface area contributed by atoms with Crippen LogP contribution in [0.5, 0.6) is 0 Å². The molecule has 162 valence electrons. The van der Waals surface area contributed by atoms with Gasteiger partial charge in [-0.1, -0.05) is 0 Å². The Morgan fingerprint density at radius 2 is 1.44 bits per heavy atom. The van der Waals surface area contributed by atoms with E-state index in [-0.39, 0.29) is 19.4 Å². The summed E-state index contributed by atoms with van der Waals surface area (Å²) in [4.78, 5) is 0. The molecule has 13 nitrogen and oxygen atoms in total. The number of hydrogen-bond donors (Lipinski definition) is 1. The molecule has 1 saturated heterocycles. The Hall–Kier alpha value is 0.290. The molecule has 5 atom stereocenters. The van der Waals surface area contributed by atoms with Gasteiger partial charge in [0.2, 0.25) is 0 Å². The molecular weight excluding hydrogens is 431 g/mol. The van der Waals surface area contributed by atoms with E-state index in [4.69, 9.17) is 24.0 Å². The SMILES string of the molecule is COP(=O)(OC)OP(=O)(OC)OP(=O)(OC)OCC1O[C@@H](C)C[C@H]1OCN. The van der Waals surface area contributed by atoms with Crippen LogP contribution in [0.15, 0.2) is 0 Å². The van der Waals surface area contributed by atoms with Gasteiger partial charge in [0.05, 0.1) is 25.5 Å². The second kappa shape index (κ2) is 10.9. The van der Waals surface area contributed by atoms with Gasteiger partial charge in [-0.05, 0) is 6.92 Å². The molecule has 1 aliphatic heterocycles. The molecule has 0 saturated carbocycles. The van der Waals surface area contributed by atoms with Crippen molar-refractivity contribution in [2.24, 2.45) is 5.73 Å². The Morgan fingerprint density at radius 1 is 0.926 bits per heavy atom. The summed E-state index contributed by atoms with van der Waals surface area (Å²) in [6.07, 6.45) is -0.611. The molecule has 3 unspecified atom stereocenters. The Morgan fingerprint density at radius 3 is 1.93 bits per heavy atom. The summed E-state index contributed by atoms with van der Waals surface area (Å²) in [6, 6.07) is 0. The Bertz CT molecular complexity index is 595. The lowest BCUT2D eigenvalue weighted by Gasteiger charge is -2.24. The molecule has 16 heteroatoms. The number of rotatable bonds is 13. The summed E-state index contributed by atoms with van der Waals surface area (Å²) < 4.78 is 80.8. The number of ether oxygens (including phenoxy) is 2. The fraction of sp³-hybridized carbons (Fsp3) is 1.00. The molecular formula is C11H26NO12P3. The molecule has 1 rings (SSSR count). The predicted molar refractivity (Wildman–Crippen MR) is 91.9 cm³/mol. The molecule has 0 aromatic carbocycles. The standard InChI is InChI=1S/C11H26NO12P3/c1-9-6-10(20-8-12)11(22-9)7-21-26(14,18-4)24-27(15,19-5)23-25(13,16-2)17-3/h9-11H,6-8,12H2,1-5H3/t9-,10+,11?,26?,27?/m0/s1. The van der Waals surface area contributed by atoms with Crippen molar-refractivity contribution >= 4 is 23.5 Å². The highest BCUT2D eigenvalue weighted by molar-refractivity contribution is 7.67. The number of nitrogens with two attached hydrogens (primary N) is 1. The van der Waals surface area contributed by atoms with Gasteiger partial charge in [0.15, 0.2) is 0 Å². The molecule has 2 N–H and O–H groups in total. The van der Waals surface area contributed by atoms with Crippen LogP contribution in [0.25, 0.3) is 0 Å². The molecule has 0 spiro atoms. The number of hydrogen-bond acceptors (Lipinski definition) is 13. The van der Waals surface area contributed by atoms with Gasteiger partial charge in [-0.25, -0.2) is 13.7 Å². The van der Waals surface area contributed by atoms with Crippen LogP contribution >= 0.6 is 23.5 Å². The second-order valence-electron chi connectivity index (χ2n) is 5.12. The maximum atomic E-state index is 12.6. The smallest absolute Gasteiger partial charge is 0.370 e. The topological polar surface area (TPSA) is 160 Å². The zero-order valence-corrected chi connectivity index (χ0v) is 18.4. The Kier molecular flexibility index (Phi) is 10.2. The van der Waals surface area contributed by atoms with Gasteiger partial charge >= 0.3 is 23.5 Å². The van der Waals surface area contributed by atoms with Crippen LogP contribution in [-0.2, 0) is 54.4 Å². The van der Waals surface area contributed by atoms with Crippen molar-refractivity contribution in [3.63, 3.8) is 0 Å². The lowest BCUT2D eigenvalue weighted by molar-refractivity contribution is -0.0427. The van der Waals surface area contributed by atoms with Crippen molar-refractivity contribution in [2.75, 3.05) is 41.8 Å². The lowest BCUT2D eigenvalue weighted by atomic mass is 10.1. The fourth-order valence-electron chi connectivity index (χ4n) is 2.11. The van der Waals surface area contributed by atoms with Crippen molar-refractivity contribution in [1.82, 2.24) is 0 Å². The van der Waals surface area contributed by atoms with Crippen molar-refractivity contribution in [2.45, 2.75) is 31.7 Å². The van der Waals surface area contributed by atoms with E-state index in [1.807, 2.05) is 6.92 Å². The van der Waals surface area contributed by atoms with E-state index in [1.165, 1.54) is 0 Å². The van der Waals surface area contributed by atoms with Crippen LogP contribution in [0.3, 0.4) is 0 Å². The van der Waals surface area contributed by atoms with Crippen molar-refractivity contribution < 1.29 is 54.4 Å². The normalized spacial score (nSPS) is 28.0. The minimum Gasteiger partial charge on any atom is -0.370 e. The molecule has 0 aliphatic carbocycles. The second-order valence-corrected chi connectivity index (χ2v) is 10.8. The van der Waals surface area contributed by atoms with Crippen LogP contribution < -0.4 is 5.73 Å². The van der Waals surface area contributed by atoms with Crippen LogP contribution in [0.2, 0.25) is 0 Å². The van der Waals surface area contributed by atoms with Crippen molar-refractivity contribution in [3.8, 4) is 0 Å². The molecule has 1 fully saturated rings. The van der Waals surface area contributed by atoms with Crippen LogP contribution in [0.1, 0.15) is 13.3 Å². The summed E-state index contributed by atoms with van der Waals surface area (Å²) in [5, 5.41) is 0. The third-order valence-electron chi connectivity index (χ3n) is 3.39. The van der Waals surface area contributed by atoms with Gasteiger partial charge in [0.25, 0.3) is 0 Å². The largest absolute Gasteiger partial charge is 0.492 e. The number of phosphoric acid groups is 3. The van der Waals surface area contributed by atoms with Gasteiger partial charge in [0.1, 0.15) is 6.10 Å². The van der Waals surface area contributed by atoms with Gasteiger partial charge < -0.3 is 15.2 Å². The molecule has 1 aliphatic rings. The van der Waals surface area contributed by atoms with Gasteiger partial charge in [0, 0.05) is 34.9 Å². The molecule has 0 amide bonds. The average molecular weight is 457 g/mol. The van der Waals surface area contributed by atoms with Crippen molar-refractivity contribution in [1.29, 1.82) is 0 Å². The van der Waals surface area contributed by atoms with Crippen LogP contribution in [0.4, 0.5) is 0 Å². The van der Waals surface area contributed by atoms with E-state index < -0.39 is 35.7 Å². The third-order valence-corrected chi connectivity index (χ3v) is 8.84. The Labute approximate surface area is 157 Å². The van der Waals surface area contributed by atoms with Gasteiger partial charge in [-0.15, -0.1) is 0 Å². The highest BCUT2D eigenvalue weighted by Gasteiger charge is 2.46. The summed E-state index contributed by atoms with van der Waals surface area (Å²) in [5.41, 5.74) is 5.37. The lowest BCUT2D eigenvalue weighted by Crippen LogP contribution is -2.30. The highest BCUT2D eigenvalue weighted by Crippen LogP contribution is 2.72. The Balaban J connectivity index is 2.82. The maximum absolute atomic E-state index is 12.6. The first-order chi connectivity index (χ1) is 12.6. The first-order valence-electron chi connectivity index (χ1n) is 7.65. The molecule has 0 aromatic rings. The quantitative estimate of drug-likeness (QED) is 0.317. The average Bonchev–Trinajstić information content (AvgIpc) is 2.99. The first kappa shape index (κ1) is 25.3.